The van der Waals surface area contributed by atoms with Crippen molar-refractivity contribution >= 4 is 44.2 Å². The van der Waals surface area contributed by atoms with Gasteiger partial charge in [0.15, 0.2) is 5.13 Å². The highest BCUT2D eigenvalue weighted by Crippen LogP contribution is 2.32. The summed E-state index contributed by atoms with van der Waals surface area (Å²) in [5.41, 5.74) is 2.53. The van der Waals surface area contributed by atoms with E-state index < -0.39 is 0 Å². The van der Waals surface area contributed by atoms with Gasteiger partial charge < -0.3 is 4.74 Å². The SMILES string of the molecule is CCOc1ccc(CC(=O)N(Cc2ccccn2)c2nc3ccc(Cl)cc3s2)cc1. The molecule has 4 aromatic rings. The summed E-state index contributed by atoms with van der Waals surface area (Å²) in [6.07, 6.45) is 1.98. The third kappa shape index (κ3) is 4.78. The lowest BCUT2D eigenvalue weighted by Crippen LogP contribution is -2.32. The van der Waals surface area contributed by atoms with Crippen LogP contribution in [0.1, 0.15) is 18.2 Å². The van der Waals surface area contributed by atoms with Crippen LogP contribution in [0.25, 0.3) is 10.2 Å². The van der Waals surface area contributed by atoms with E-state index in [1.165, 1.54) is 11.3 Å². The van der Waals surface area contributed by atoms with Crippen LogP contribution >= 0.6 is 22.9 Å². The number of fused-ring (bicyclic) bond motifs is 1. The maximum absolute atomic E-state index is 13.3. The minimum Gasteiger partial charge on any atom is -0.494 e. The Labute approximate surface area is 183 Å². The largest absolute Gasteiger partial charge is 0.494 e. The van der Waals surface area contributed by atoms with Crippen LogP contribution in [0.2, 0.25) is 5.02 Å². The Hall–Kier alpha value is -2.96. The van der Waals surface area contributed by atoms with Crippen molar-refractivity contribution in [1.29, 1.82) is 0 Å². The fraction of sp³-hybridized carbons (Fsp3) is 0.174. The number of nitrogens with zero attached hydrogens (tertiary/aromatic N) is 3. The molecule has 2 aromatic carbocycles. The molecule has 5 nitrogen and oxygen atoms in total. The van der Waals surface area contributed by atoms with Crippen LogP contribution in [0.4, 0.5) is 5.13 Å². The Morgan fingerprint density at radius 3 is 2.70 bits per heavy atom. The predicted molar refractivity (Wildman–Crippen MR) is 121 cm³/mol. The number of benzene rings is 2. The van der Waals surface area contributed by atoms with Crippen molar-refractivity contribution in [3.63, 3.8) is 0 Å². The summed E-state index contributed by atoms with van der Waals surface area (Å²) in [7, 11) is 0. The Balaban J connectivity index is 1.62. The Morgan fingerprint density at radius 2 is 1.97 bits per heavy atom. The van der Waals surface area contributed by atoms with Crippen LogP contribution in [0.15, 0.2) is 66.9 Å². The minimum atomic E-state index is -0.0463. The number of amides is 1. The first-order chi connectivity index (χ1) is 14.6. The van der Waals surface area contributed by atoms with Gasteiger partial charge in [0.05, 0.1) is 35.5 Å². The molecule has 0 saturated heterocycles. The molecule has 0 saturated carbocycles. The van der Waals surface area contributed by atoms with Gasteiger partial charge in [0, 0.05) is 11.2 Å². The number of pyridine rings is 1. The lowest BCUT2D eigenvalue weighted by Gasteiger charge is -2.19. The maximum Gasteiger partial charge on any atom is 0.233 e. The molecule has 0 spiro atoms. The Bertz CT molecular complexity index is 1150. The number of ether oxygens (including phenoxy) is 1. The van der Waals surface area contributed by atoms with E-state index >= 15 is 0 Å². The normalized spacial score (nSPS) is 10.9. The summed E-state index contributed by atoms with van der Waals surface area (Å²) in [4.78, 5) is 24.0. The highest BCUT2D eigenvalue weighted by Gasteiger charge is 2.21. The van der Waals surface area contributed by atoms with Crippen molar-refractivity contribution in [3.8, 4) is 5.75 Å². The molecule has 0 bridgehead atoms. The third-order valence-electron chi connectivity index (χ3n) is 4.51. The number of halogens is 1. The van der Waals surface area contributed by atoms with Gasteiger partial charge in [0.25, 0.3) is 0 Å². The number of carbonyl (C=O) groups excluding carboxylic acids is 1. The molecule has 0 radical (unpaired) electrons. The summed E-state index contributed by atoms with van der Waals surface area (Å²) < 4.78 is 6.42. The molecular formula is C23H20ClN3O2S. The molecule has 0 aliphatic carbocycles. The molecule has 0 aliphatic heterocycles. The average molecular weight is 438 g/mol. The monoisotopic (exact) mass is 437 g/mol. The molecular weight excluding hydrogens is 418 g/mol. The second-order valence-corrected chi connectivity index (χ2v) is 8.11. The quantitative estimate of drug-likeness (QED) is 0.382. The second kappa shape index (κ2) is 9.24. The van der Waals surface area contributed by atoms with Crippen molar-refractivity contribution in [2.45, 2.75) is 19.9 Å². The van der Waals surface area contributed by atoms with Gasteiger partial charge in [-0.15, -0.1) is 0 Å². The molecule has 0 N–H and O–H groups in total. The summed E-state index contributed by atoms with van der Waals surface area (Å²) >= 11 is 7.57. The van der Waals surface area contributed by atoms with E-state index in [0.29, 0.717) is 23.3 Å². The maximum atomic E-state index is 13.3. The highest BCUT2D eigenvalue weighted by molar-refractivity contribution is 7.22. The van der Waals surface area contributed by atoms with Crippen molar-refractivity contribution in [1.82, 2.24) is 9.97 Å². The Morgan fingerprint density at radius 1 is 1.13 bits per heavy atom. The van der Waals surface area contributed by atoms with Crippen molar-refractivity contribution in [2.75, 3.05) is 11.5 Å². The zero-order valence-corrected chi connectivity index (χ0v) is 18.0. The molecule has 30 heavy (non-hydrogen) atoms. The molecule has 7 heteroatoms. The van der Waals surface area contributed by atoms with Crippen molar-refractivity contribution in [2.24, 2.45) is 0 Å². The summed E-state index contributed by atoms with van der Waals surface area (Å²) in [6.45, 7) is 2.90. The lowest BCUT2D eigenvalue weighted by molar-refractivity contribution is -0.118. The number of carbonyl (C=O) groups is 1. The smallest absolute Gasteiger partial charge is 0.233 e. The van der Waals surface area contributed by atoms with Crippen molar-refractivity contribution in [3.05, 3.63) is 83.1 Å². The molecule has 0 aliphatic rings. The average Bonchev–Trinajstić information content (AvgIpc) is 3.17. The van der Waals surface area contributed by atoms with Crippen LogP contribution in [0.3, 0.4) is 0 Å². The molecule has 0 atom stereocenters. The fourth-order valence-corrected chi connectivity index (χ4v) is 4.32. The number of aromatic nitrogens is 2. The molecule has 0 fully saturated rings. The zero-order chi connectivity index (χ0) is 20.9. The van der Waals surface area contributed by atoms with E-state index in [2.05, 4.69) is 9.97 Å². The van der Waals surface area contributed by atoms with E-state index in [0.717, 1.165) is 27.2 Å². The van der Waals surface area contributed by atoms with Gasteiger partial charge in [-0.25, -0.2) is 4.98 Å². The van der Waals surface area contributed by atoms with E-state index in [4.69, 9.17) is 16.3 Å². The number of hydrogen-bond acceptors (Lipinski definition) is 5. The first kappa shape index (κ1) is 20.3. The fourth-order valence-electron chi connectivity index (χ4n) is 3.06. The lowest BCUT2D eigenvalue weighted by atomic mass is 10.1. The first-order valence-corrected chi connectivity index (χ1v) is 10.8. The number of hydrogen-bond donors (Lipinski definition) is 0. The first-order valence-electron chi connectivity index (χ1n) is 9.60. The van der Waals surface area contributed by atoms with Gasteiger partial charge in [-0.2, -0.15) is 0 Å². The number of rotatable bonds is 7. The summed E-state index contributed by atoms with van der Waals surface area (Å²) in [5, 5.41) is 1.28. The van der Waals surface area contributed by atoms with E-state index in [1.807, 2.05) is 61.5 Å². The van der Waals surface area contributed by atoms with Gasteiger partial charge >= 0.3 is 0 Å². The Kier molecular flexibility index (Phi) is 6.26. The van der Waals surface area contributed by atoms with Gasteiger partial charge in [0.1, 0.15) is 5.75 Å². The summed E-state index contributed by atoms with van der Waals surface area (Å²) in [5.74, 6) is 0.747. The predicted octanol–water partition coefficient (Wildman–Crippen LogP) is 5.52. The van der Waals surface area contributed by atoms with Gasteiger partial charge in [-0.05, 0) is 55.0 Å². The van der Waals surface area contributed by atoms with Crippen LogP contribution in [0, 0.1) is 0 Å². The van der Waals surface area contributed by atoms with E-state index in [1.54, 1.807) is 17.2 Å². The van der Waals surface area contributed by atoms with Gasteiger partial charge in [0.2, 0.25) is 5.91 Å². The van der Waals surface area contributed by atoms with Crippen LogP contribution in [-0.4, -0.2) is 22.5 Å². The molecule has 0 unspecified atom stereocenters. The number of thiazole rings is 1. The number of anilines is 1. The highest BCUT2D eigenvalue weighted by atomic mass is 35.5. The van der Waals surface area contributed by atoms with Crippen LogP contribution < -0.4 is 9.64 Å². The standard InChI is InChI=1S/C23H20ClN3O2S/c1-2-29-19-9-6-16(7-10-19)13-22(28)27(15-18-5-3-4-12-25-18)23-26-20-11-8-17(24)14-21(20)30-23/h3-12,14H,2,13,15H2,1H3. The minimum absolute atomic E-state index is 0.0463. The van der Waals surface area contributed by atoms with Gasteiger partial charge in [-0.3, -0.25) is 14.7 Å². The van der Waals surface area contributed by atoms with E-state index in [9.17, 15) is 4.79 Å². The van der Waals surface area contributed by atoms with Crippen LogP contribution in [-0.2, 0) is 17.8 Å². The molecule has 2 heterocycles. The van der Waals surface area contributed by atoms with Crippen molar-refractivity contribution < 1.29 is 9.53 Å². The molecule has 152 valence electrons. The van der Waals surface area contributed by atoms with Crippen LogP contribution in [0.5, 0.6) is 5.75 Å². The molecule has 1 amide bonds. The zero-order valence-electron chi connectivity index (χ0n) is 16.4. The molecule has 4 rings (SSSR count). The topological polar surface area (TPSA) is 55.3 Å². The second-order valence-electron chi connectivity index (χ2n) is 6.66. The third-order valence-corrected chi connectivity index (χ3v) is 5.78. The van der Waals surface area contributed by atoms with Gasteiger partial charge in [-0.1, -0.05) is 41.1 Å². The van der Waals surface area contributed by atoms with E-state index in [-0.39, 0.29) is 12.3 Å². The summed E-state index contributed by atoms with van der Waals surface area (Å²) in [6, 6.07) is 18.8. The molecule has 2 aromatic heterocycles.